The van der Waals surface area contributed by atoms with Crippen molar-refractivity contribution < 1.29 is 9.13 Å². The molecule has 1 rings (SSSR count). The molecule has 3 N–H and O–H groups in total. The molecule has 1 aromatic rings. The van der Waals surface area contributed by atoms with Crippen LogP contribution in [0.1, 0.15) is 13.8 Å². The number of anilines is 2. The zero-order chi connectivity index (χ0) is 12.1. The number of nitrogen functional groups attached to an aromatic ring is 1. The lowest BCUT2D eigenvalue weighted by Gasteiger charge is -2.15. The van der Waals surface area contributed by atoms with E-state index >= 15 is 0 Å². The zero-order valence-corrected chi connectivity index (χ0v) is 11.5. The Morgan fingerprint density at radius 3 is 2.88 bits per heavy atom. The molecule has 0 bridgehead atoms. The van der Waals surface area contributed by atoms with Gasteiger partial charge in [-0.15, -0.1) is 0 Å². The molecule has 0 aromatic heterocycles. The summed E-state index contributed by atoms with van der Waals surface area (Å²) in [5, 5.41) is 3.07. The molecule has 0 fully saturated rings. The van der Waals surface area contributed by atoms with Gasteiger partial charge in [0.25, 0.3) is 0 Å². The number of nitrogens with one attached hydrogen (secondary N) is 1. The van der Waals surface area contributed by atoms with Crippen molar-refractivity contribution in [3.8, 4) is 0 Å². The first-order valence-corrected chi connectivity index (χ1v) is 6.22. The van der Waals surface area contributed by atoms with Crippen LogP contribution in [0.4, 0.5) is 15.8 Å². The normalized spacial score (nSPS) is 12.5. The fourth-order valence-electron chi connectivity index (χ4n) is 1.31. The molecule has 5 heteroatoms. The third-order valence-corrected chi connectivity index (χ3v) is 2.95. The van der Waals surface area contributed by atoms with Crippen LogP contribution in [0, 0.1) is 9.39 Å². The van der Waals surface area contributed by atoms with Crippen LogP contribution in [0.25, 0.3) is 0 Å². The van der Waals surface area contributed by atoms with E-state index in [1.165, 1.54) is 6.07 Å². The van der Waals surface area contributed by atoms with Crippen LogP contribution in [0.5, 0.6) is 0 Å². The van der Waals surface area contributed by atoms with Gasteiger partial charge < -0.3 is 15.8 Å². The summed E-state index contributed by atoms with van der Waals surface area (Å²) in [4.78, 5) is 0. The molecule has 0 aliphatic carbocycles. The number of hydrogen-bond acceptors (Lipinski definition) is 3. The van der Waals surface area contributed by atoms with Crippen molar-refractivity contribution in [3.63, 3.8) is 0 Å². The Morgan fingerprint density at radius 1 is 1.56 bits per heavy atom. The Morgan fingerprint density at radius 2 is 2.25 bits per heavy atom. The van der Waals surface area contributed by atoms with E-state index in [2.05, 4.69) is 5.32 Å². The molecule has 0 amide bonds. The van der Waals surface area contributed by atoms with Gasteiger partial charge in [0.2, 0.25) is 0 Å². The second-order valence-electron chi connectivity index (χ2n) is 3.50. The van der Waals surface area contributed by atoms with Gasteiger partial charge in [-0.2, -0.15) is 0 Å². The fraction of sp³-hybridized carbons (Fsp3) is 0.455. The van der Waals surface area contributed by atoms with Crippen LogP contribution in [0.2, 0.25) is 0 Å². The summed E-state index contributed by atoms with van der Waals surface area (Å²) >= 11 is 1.91. The maximum Gasteiger partial charge on any atom is 0.138 e. The lowest BCUT2D eigenvalue weighted by molar-refractivity contribution is 0.0855. The fourth-order valence-corrected chi connectivity index (χ4v) is 1.80. The summed E-state index contributed by atoms with van der Waals surface area (Å²) in [6, 6.07) is 3.03. The first kappa shape index (κ1) is 13.5. The molecule has 0 spiro atoms. The standard InChI is InChI=1S/C11H16FIN2O/c1-3-16-7(2)6-15-11-4-8(12)9(13)5-10(11)14/h4-5,7,15H,3,6,14H2,1-2H3. The third-order valence-electron chi connectivity index (χ3n) is 2.12. The molecular formula is C11H16FIN2O. The quantitative estimate of drug-likeness (QED) is 0.641. The van der Waals surface area contributed by atoms with Crippen LogP contribution < -0.4 is 11.1 Å². The van der Waals surface area contributed by atoms with Gasteiger partial charge in [-0.3, -0.25) is 0 Å². The lowest BCUT2D eigenvalue weighted by Crippen LogP contribution is -2.20. The number of hydrogen-bond donors (Lipinski definition) is 2. The van der Waals surface area contributed by atoms with Gasteiger partial charge in [0.1, 0.15) is 5.82 Å². The molecule has 0 heterocycles. The highest BCUT2D eigenvalue weighted by atomic mass is 127. The van der Waals surface area contributed by atoms with E-state index in [9.17, 15) is 4.39 Å². The average Bonchev–Trinajstić information content (AvgIpc) is 2.22. The van der Waals surface area contributed by atoms with Gasteiger partial charge in [-0.1, -0.05) is 0 Å². The summed E-state index contributed by atoms with van der Waals surface area (Å²) in [6.07, 6.45) is 0.0757. The molecule has 0 radical (unpaired) electrons. The van der Waals surface area contributed by atoms with Gasteiger partial charge in [0.05, 0.1) is 21.0 Å². The molecule has 0 saturated carbocycles. The first-order chi connectivity index (χ1) is 7.54. The van der Waals surface area contributed by atoms with Crippen molar-refractivity contribution in [2.45, 2.75) is 20.0 Å². The molecule has 0 aliphatic heterocycles. The van der Waals surface area contributed by atoms with Gasteiger partial charge in [-0.05, 0) is 42.5 Å². The van der Waals surface area contributed by atoms with E-state index in [0.717, 1.165) is 0 Å². The Bertz CT molecular complexity index is 360. The minimum Gasteiger partial charge on any atom is -0.397 e. The van der Waals surface area contributed by atoms with Gasteiger partial charge in [0, 0.05) is 19.2 Å². The highest BCUT2D eigenvalue weighted by Gasteiger charge is 2.07. The summed E-state index contributed by atoms with van der Waals surface area (Å²) in [6.45, 7) is 5.17. The highest BCUT2D eigenvalue weighted by Crippen LogP contribution is 2.23. The second-order valence-corrected chi connectivity index (χ2v) is 4.66. The summed E-state index contributed by atoms with van der Waals surface area (Å²) in [7, 11) is 0. The SMILES string of the molecule is CCOC(C)CNc1cc(F)c(I)cc1N. The smallest absolute Gasteiger partial charge is 0.138 e. The Kier molecular flexibility index (Phi) is 5.27. The van der Waals surface area contributed by atoms with Gasteiger partial charge in [-0.25, -0.2) is 4.39 Å². The van der Waals surface area contributed by atoms with Crippen molar-refractivity contribution in [3.05, 3.63) is 21.5 Å². The van der Waals surface area contributed by atoms with E-state index in [-0.39, 0.29) is 11.9 Å². The Hall–Kier alpha value is -0.560. The first-order valence-electron chi connectivity index (χ1n) is 5.14. The number of halogens is 2. The molecule has 1 atom stereocenters. The highest BCUT2D eigenvalue weighted by molar-refractivity contribution is 14.1. The third kappa shape index (κ3) is 3.79. The predicted molar refractivity (Wildman–Crippen MR) is 73.1 cm³/mol. The Balaban J connectivity index is 2.63. The molecule has 1 aromatic carbocycles. The zero-order valence-electron chi connectivity index (χ0n) is 9.39. The molecule has 16 heavy (non-hydrogen) atoms. The summed E-state index contributed by atoms with van der Waals surface area (Å²) in [5.74, 6) is -0.263. The summed E-state index contributed by atoms with van der Waals surface area (Å²) < 4.78 is 19.2. The molecule has 0 saturated heterocycles. The van der Waals surface area contributed by atoms with Crippen molar-refractivity contribution in [2.24, 2.45) is 0 Å². The van der Waals surface area contributed by atoms with E-state index in [1.54, 1.807) is 6.07 Å². The molecule has 1 unspecified atom stereocenters. The molecule has 90 valence electrons. The van der Waals surface area contributed by atoms with Crippen LogP contribution in [-0.4, -0.2) is 19.3 Å². The lowest BCUT2D eigenvalue weighted by atomic mass is 10.2. The number of rotatable bonds is 5. The van der Waals surface area contributed by atoms with Gasteiger partial charge in [0.15, 0.2) is 0 Å². The van der Waals surface area contributed by atoms with Crippen LogP contribution in [-0.2, 0) is 4.74 Å². The number of benzene rings is 1. The van der Waals surface area contributed by atoms with E-state index in [4.69, 9.17) is 10.5 Å². The number of ether oxygens (including phenoxy) is 1. The minimum absolute atomic E-state index is 0.0757. The molecule has 0 aliphatic rings. The topological polar surface area (TPSA) is 47.3 Å². The second kappa shape index (κ2) is 6.24. The minimum atomic E-state index is -0.263. The predicted octanol–water partition coefficient (Wildman–Crippen LogP) is 2.85. The van der Waals surface area contributed by atoms with Crippen LogP contribution in [0.15, 0.2) is 12.1 Å². The molecule has 3 nitrogen and oxygen atoms in total. The number of nitrogens with two attached hydrogens (primary N) is 1. The average molecular weight is 338 g/mol. The van der Waals surface area contributed by atoms with Crippen molar-refractivity contribution in [1.29, 1.82) is 0 Å². The Labute approximate surface area is 109 Å². The maximum atomic E-state index is 13.3. The van der Waals surface area contributed by atoms with E-state index < -0.39 is 0 Å². The van der Waals surface area contributed by atoms with Crippen molar-refractivity contribution in [1.82, 2.24) is 0 Å². The largest absolute Gasteiger partial charge is 0.397 e. The van der Waals surface area contributed by atoms with Crippen molar-refractivity contribution in [2.75, 3.05) is 24.2 Å². The van der Waals surface area contributed by atoms with Crippen LogP contribution >= 0.6 is 22.6 Å². The van der Waals surface area contributed by atoms with E-state index in [1.807, 2.05) is 36.4 Å². The summed E-state index contributed by atoms with van der Waals surface area (Å²) in [5.41, 5.74) is 6.94. The maximum absolute atomic E-state index is 13.3. The van der Waals surface area contributed by atoms with E-state index in [0.29, 0.717) is 28.1 Å². The monoisotopic (exact) mass is 338 g/mol. The van der Waals surface area contributed by atoms with Crippen LogP contribution in [0.3, 0.4) is 0 Å². The van der Waals surface area contributed by atoms with Crippen molar-refractivity contribution >= 4 is 34.0 Å². The van der Waals surface area contributed by atoms with Gasteiger partial charge >= 0.3 is 0 Å². The molecular weight excluding hydrogens is 322 g/mol.